The molecule has 1 saturated heterocycles. The number of carboxylic acids is 1. The first-order chi connectivity index (χ1) is 8.91. The highest BCUT2D eigenvalue weighted by Gasteiger charge is 2.28. The lowest BCUT2D eigenvalue weighted by atomic mass is 9.98. The summed E-state index contributed by atoms with van der Waals surface area (Å²) in [7, 11) is 0. The maximum absolute atomic E-state index is 12.1. The summed E-state index contributed by atoms with van der Waals surface area (Å²) < 4.78 is 0. The summed E-state index contributed by atoms with van der Waals surface area (Å²) in [6, 6.07) is -0.265. The Balaban J connectivity index is 2.50. The molecule has 110 valence electrons. The first-order valence-corrected chi connectivity index (χ1v) is 7.18. The highest BCUT2D eigenvalue weighted by Crippen LogP contribution is 2.20. The number of likely N-dealkylation sites (tertiary alicyclic amines) is 1. The Kier molecular flexibility index (Phi) is 6.12. The van der Waals surface area contributed by atoms with E-state index in [1.165, 1.54) is 0 Å². The summed E-state index contributed by atoms with van der Waals surface area (Å²) in [5, 5.41) is 11.8. The number of aliphatic carboxylic acids is 1. The Bertz CT molecular complexity index is 318. The van der Waals surface area contributed by atoms with Gasteiger partial charge in [0.25, 0.3) is 0 Å². The lowest BCUT2D eigenvalue weighted by molar-refractivity contribution is -0.138. The van der Waals surface area contributed by atoms with Crippen molar-refractivity contribution in [2.24, 2.45) is 11.8 Å². The van der Waals surface area contributed by atoms with Gasteiger partial charge in [0, 0.05) is 19.1 Å². The van der Waals surface area contributed by atoms with E-state index in [-0.39, 0.29) is 18.5 Å². The second kappa shape index (κ2) is 7.36. The van der Waals surface area contributed by atoms with Gasteiger partial charge in [0.15, 0.2) is 0 Å². The van der Waals surface area contributed by atoms with Gasteiger partial charge >= 0.3 is 12.0 Å². The van der Waals surface area contributed by atoms with Crippen molar-refractivity contribution >= 4 is 12.0 Å². The number of nitrogens with zero attached hydrogens (tertiary/aromatic N) is 1. The molecule has 0 aromatic rings. The van der Waals surface area contributed by atoms with E-state index in [0.717, 1.165) is 19.3 Å². The van der Waals surface area contributed by atoms with E-state index in [0.29, 0.717) is 24.9 Å². The molecule has 0 aromatic carbocycles. The van der Waals surface area contributed by atoms with Gasteiger partial charge in [0.2, 0.25) is 0 Å². The first-order valence-electron chi connectivity index (χ1n) is 7.18. The van der Waals surface area contributed by atoms with Crippen LogP contribution in [0, 0.1) is 11.8 Å². The van der Waals surface area contributed by atoms with Crippen LogP contribution in [0.5, 0.6) is 0 Å². The monoisotopic (exact) mass is 270 g/mol. The van der Waals surface area contributed by atoms with Crippen LogP contribution in [0.15, 0.2) is 0 Å². The summed E-state index contributed by atoms with van der Waals surface area (Å²) in [6.45, 7) is 7.68. The molecular weight excluding hydrogens is 244 g/mol. The molecule has 0 spiro atoms. The number of urea groups is 1. The maximum atomic E-state index is 12.1. The van der Waals surface area contributed by atoms with Gasteiger partial charge in [0.1, 0.15) is 0 Å². The van der Waals surface area contributed by atoms with Gasteiger partial charge in [-0.1, -0.05) is 20.8 Å². The van der Waals surface area contributed by atoms with Crippen molar-refractivity contribution in [1.29, 1.82) is 0 Å². The number of carboxylic acid groups (broad SMARTS) is 1. The van der Waals surface area contributed by atoms with Gasteiger partial charge in [-0.25, -0.2) is 4.79 Å². The predicted molar refractivity (Wildman–Crippen MR) is 74.0 cm³/mol. The van der Waals surface area contributed by atoms with Gasteiger partial charge in [-0.3, -0.25) is 4.79 Å². The summed E-state index contributed by atoms with van der Waals surface area (Å²) in [4.78, 5) is 24.7. The van der Waals surface area contributed by atoms with E-state index < -0.39 is 5.97 Å². The molecule has 1 aliphatic rings. The number of carbonyl (C=O) groups excluding carboxylic acids is 1. The van der Waals surface area contributed by atoms with Crippen molar-refractivity contribution in [1.82, 2.24) is 10.2 Å². The Morgan fingerprint density at radius 2 is 2.00 bits per heavy atom. The Labute approximate surface area is 115 Å². The Morgan fingerprint density at radius 3 is 2.58 bits per heavy atom. The number of carbonyl (C=O) groups is 2. The van der Waals surface area contributed by atoms with Crippen molar-refractivity contribution in [3.8, 4) is 0 Å². The number of amides is 2. The number of hydrogen-bond acceptors (Lipinski definition) is 2. The minimum atomic E-state index is -0.833. The molecule has 2 atom stereocenters. The summed E-state index contributed by atoms with van der Waals surface area (Å²) in [6.07, 6.45) is 2.81. The maximum Gasteiger partial charge on any atom is 0.317 e. The molecule has 0 aliphatic carbocycles. The smallest absolute Gasteiger partial charge is 0.317 e. The van der Waals surface area contributed by atoms with E-state index in [2.05, 4.69) is 26.1 Å². The molecule has 19 heavy (non-hydrogen) atoms. The van der Waals surface area contributed by atoms with E-state index in [4.69, 9.17) is 5.11 Å². The third kappa shape index (κ3) is 5.09. The summed E-state index contributed by atoms with van der Waals surface area (Å²) >= 11 is 0. The highest BCUT2D eigenvalue weighted by atomic mass is 16.4. The van der Waals surface area contributed by atoms with E-state index in [9.17, 15) is 9.59 Å². The minimum absolute atomic E-state index is 0.0488. The second-order valence-corrected chi connectivity index (χ2v) is 5.85. The van der Waals surface area contributed by atoms with Crippen molar-refractivity contribution in [3.63, 3.8) is 0 Å². The molecular formula is C14H26N2O3. The number of piperidine rings is 1. The standard InChI is InChI=1S/C14H26N2O3/c1-10(2)11(3)9-15-14(19)16-7-5-4-6-12(16)8-13(17)18/h10-12H,4-9H2,1-3H3,(H,15,19)(H,17,18). The Morgan fingerprint density at radius 1 is 1.32 bits per heavy atom. The van der Waals surface area contributed by atoms with Gasteiger partial charge in [-0.15, -0.1) is 0 Å². The van der Waals surface area contributed by atoms with Crippen LogP contribution in [0.4, 0.5) is 4.79 Å². The molecule has 0 aromatic heterocycles. The van der Waals surface area contributed by atoms with Crippen LogP contribution >= 0.6 is 0 Å². The topological polar surface area (TPSA) is 69.6 Å². The normalized spacial score (nSPS) is 21.3. The van der Waals surface area contributed by atoms with Crippen molar-refractivity contribution in [2.45, 2.75) is 52.5 Å². The van der Waals surface area contributed by atoms with E-state index in [1.54, 1.807) is 4.90 Å². The zero-order valence-electron chi connectivity index (χ0n) is 12.2. The van der Waals surface area contributed by atoms with Gasteiger partial charge in [-0.2, -0.15) is 0 Å². The molecule has 2 amide bonds. The second-order valence-electron chi connectivity index (χ2n) is 5.85. The van der Waals surface area contributed by atoms with Crippen molar-refractivity contribution in [3.05, 3.63) is 0 Å². The van der Waals surface area contributed by atoms with Crippen LogP contribution in [-0.2, 0) is 4.79 Å². The molecule has 5 heteroatoms. The van der Waals surface area contributed by atoms with Crippen LogP contribution < -0.4 is 5.32 Å². The van der Waals surface area contributed by atoms with Gasteiger partial charge in [0.05, 0.1) is 6.42 Å². The molecule has 2 unspecified atom stereocenters. The van der Waals surface area contributed by atoms with Crippen LogP contribution in [0.1, 0.15) is 46.5 Å². The minimum Gasteiger partial charge on any atom is -0.481 e. The molecule has 0 bridgehead atoms. The van der Waals surface area contributed by atoms with Crippen LogP contribution in [-0.4, -0.2) is 41.1 Å². The molecule has 2 N–H and O–H groups in total. The third-order valence-corrected chi connectivity index (χ3v) is 4.01. The first kappa shape index (κ1) is 15.8. The summed E-state index contributed by atoms with van der Waals surface area (Å²) in [5.74, 6) is 0.114. The number of hydrogen-bond donors (Lipinski definition) is 2. The predicted octanol–water partition coefficient (Wildman–Crippen LogP) is 2.32. The van der Waals surface area contributed by atoms with Crippen molar-refractivity contribution in [2.75, 3.05) is 13.1 Å². The molecule has 0 saturated carbocycles. The molecule has 1 rings (SSSR count). The average Bonchev–Trinajstić information content (AvgIpc) is 2.35. The molecule has 5 nitrogen and oxygen atoms in total. The fourth-order valence-corrected chi connectivity index (χ4v) is 2.27. The quantitative estimate of drug-likeness (QED) is 0.805. The largest absolute Gasteiger partial charge is 0.481 e. The van der Waals surface area contributed by atoms with E-state index in [1.807, 2.05) is 0 Å². The van der Waals surface area contributed by atoms with Crippen LogP contribution in [0.2, 0.25) is 0 Å². The average molecular weight is 270 g/mol. The van der Waals surface area contributed by atoms with E-state index >= 15 is 0 Å². The molecule has 1 heterocycles. The van der Waals surface area contributed by atoms with Gasteiger partial charge in [-0.05, 0) is 31.1 Å². The fraction of sp³-hybridized carbons (Fsp3) is 0.857. The SMILES string of the molecule is CC(C)C(C)CNC(=O)N1CCCCC1CC(=O)O. The lowest BCUT2D eigenvalue weighted by Gasteiger charge is -2.35. The number of rotatable bonds is 5. The Hall–Kier alpha value is -1.26. The fourth-order valence-electron chi connectivity index (χ4n) is 2.27. The molecule has 0 radical (unpaired) electrons. The molecule has 1 fully saturated rings. The third-order valence-electron chi connectivity index (χ3n) is 4.01. The zero-order valence-corrected chi connectivity index (χ0v) is 12.2. The number of nitrogens with one attached hydrogen (secondary N) is 1. The highest BCUT2D eigenvalue weighted by molar-refractivity contribution is 5.76. The zero-order chi connectivity index (χ0) is 14.4. The van der Waals surface area contributed by atoms with Crippen LogP contribution in [0.25, 0.3) is 0 Å². The summed E-state index contributed by atoms with van der Waals surface area (Å²) in [5.41, 5.74) is 0. The lowest BCUT2D eigenvalue weighted by Crippen LogP contribution is -2.50. The van der Waals surface area contributed by atoms with Crippen LogP contribution in [0.3, 0.4) is 0 Å². The van der Waals surface area contributed by atoms with Gasteiger partial charge < -0.3 is 15.3 Å². The molecule has 1 aliphatic heterocycles. The van der Waals surface area contributed by atoms with Crippen molar-refractivity contribution < 1.29 is 14.7 Å².